The van der Waals surface area contributed by atoms with Crippen molar-refractivity contribution in [2.75, 3.05) is 0 Å². The zero-order chi connectivity index (χ0) is 14.0. The van der Waals surface area contributed by atoms with Crippen molar-refractivity contribution in [1.29, 1.82) is 0 Å². The topological polar surface area (TPSA) is 51.2 Å². The fourth-order valence-electron chi connectivity index (χ4n) is 2.69. The highest BCUT2D eigenvalue weighted by molar-refractivity contribution is 5.82. The lowest BCUT2D eigenvalue weighted by molar-refractivity contribution is 0.301. The number of hydrogen-bond donors (Lipinski definition) is 2. The Hall–Kier alpha value is -1.39. The molecular weight excluding hydrogens is 243 g/mol. The van der Waals surface area contributed by atoms with Crippen molar-refractivity contribution in [2.24, 2.45) is 11.8 Å². The lowest BCUT2D eigenvalue weighted by atomic mass is 9.91. The molecule has 3 nitrogen and oxygen atoms in total. The van der Waals surface area contributed by atoms with E-state index in [4.69, 9.17) is 10.3 Å². The number of nitrogens with two attached hydrogens (primary N) is 1. The Labute approximate surface area is 112 Å². The smallest absolute Gasteiger partial charge is 0.134 e. The van der Waals surface area contributed by atoms with Crippen LogP contribution in [0.1, 0.15) is 44.1 Å². The molecule has 0 aliphatic carbocycles. The number of hydrogen-bond acceptors (Lipinski definition) is 3. The minimum Gasteiger partial charge on any atom is -0.459 e. The van der Waals surface area contributed by atoms with E-state index >= 15 is 0 Å². The molecule has 1 heterocycles. The number of nitrogens with one attached hydrogen (secondary N) is 1. The summed E-state index contributed by atoms with van der Waals surface area (Å²) in [7, 11) is 0. The second-order valence-electron chi connectivity index (χ2n) is 4.95. The van der Waals surface area contributed by atoms with E-state index in [1.807, 2.05) is 6.92 Å². The third-order valence-corrected chi connectivity index (χ3v) is 3.92. The number of rotatable bonds is 5. The van der Waals surface area contributed by atoms with Crippen LogP contribution in [0.15, 0.2) is 22.6 Å². The number of fused-ring (bicyclic) bond motifs is 1. The van der Waals surface area contributed by atoms with Crippen LogP contribution in [-0.4, -0.2) is 0 Å². The summed E-state index contributed by atoms with van der Waals surface area (Å²) in [4.78, 5) is 0. The maximum atomic E-state index is 13.3. The van der Waals surface area contributed by atoms with Crippen molar-refractivity contribution in [3.05, 3.63) is 35.3 Å². The molecule has 0 amide bonds. The zero-order valence-electron chi connectivity index (χ0n) is 11.7. The molecule has 0 spiro atoms. The van der Waals surface area contributed by atoms with Crippen LogP contribution in [0.4, 0.5) is 4.39 Å². The molecular formula is C15H21FN2O. The summed E-state index contributed by atoms with van der Waals surface area (Å²) in [5.74, 6) is 6.66. The SMILES string of the molecule is CCC(CC)C(NN)c1oc2ccc(F)cc2c1C. The molecule has 104 valence electrons. The molecule has 0 aliphatic heterocycles. The van der Waals surface area contributed by atoms with Gasteiger partial charge in [-0.3, -0.25) is 5.84 Å². The van der Waals surface area contributed by atoms with Crippen molar-refractivity contribution >= 4 is 11.0 Å². The van der Waals surface area contributed by atoms with Gasteiger partial charge in [0.1, 0.15) is 17.2 Å². The van der Waals surface area contributed by atoms with Crippen molar-refractivity contribution in [3.63, 3.8) is 0 Å². The van der Waals surface area contributed by atoms with Crippen LogP contribution in [0, 0.1) is 18.7 Å². The van der Waals surface area contributed by atoms with E-state index in [1.165, 1.54) is 12.1 Å². The molecule has 2 aromatic rings. The molecule has 1 atom stereocenters. The number of aryl methyl sites for hydroxylation is 1. The predicted octanol–water partition coefficient (Wildman–Crippen LogP) is 3.82. The maximum Gasteiger partial charge on any atom is 0.134 e. The van der Waals surface area contributed by atoms with E-state index < -0.39 is 0 Å². The molecule has 0 saturated heterocycles. The van der Waals surface area contributed by atoms with Crippen molar-refractivity contribution < 1.29 is 8.81 Å². The Kier molecular flexibility index (Phi) is 4.22. The van der Waals surface area contributed by atoms with Gasteiger partial charge in [-0.05, 0) is 31.0 Å². The van der Waals surface area contributed by atoms with E-state index in [1.54, 1.807) is 6.07 Å². The van der Waals surface area contributed by atoms with Gasteiger partial charge < -0.3 is 4.42 Å². The molecule has 3 N–H and O–H groups in total. The van der Waals surface area contributed by atoms with Crippen LogP contribution in [0.2, 0.25) is 0 Å². The minimum absolute atomic E-state index is 0.0366. The Bertz CT molecular complexity index is 561. The Morgan fingerprint density at radius 2 is 2.00 bits per heavy atom. The van der Waals surface area contributed by atoms with Crippen molar-refractivity contribution in [2.45, 2.75) is 39.7 Å². The van der Waals surface area contributed by atoms with Gasteiger partial charge in [0.15, 0.2) is 0 Å². The van der Waals surface area contributed by atoms with Gasteiger partial charge in [-0.25, -0.2) is 9.82 Å². The third-order valence-electron chi connectivity index (χ3n) is 3.92. The molecule has 1 aromatic carbocycles. The summed E-state index contributed by atoms with van der Waals surface area (Å²) in [6.45, 7) is 6.22. The standard InChI is InChI=1S/C15H21FN2O/c1-4-10(5-2)14(18-17)15-9(3)12-8-11(16)6-7-13(12)19-15/h6-8,10,14,18H,4-5,17H2,1-3H3. The van der Waals surface area contributed by atoms with Crippen molar-refractivity contribution in [3.8, 4) is 0 Å². The number of furan rings is 1. The molecule has 0 fully saturated rings. The summed E-state index contributed by atoms with van der Waals surface area (Å²) in [6.07, 6.45) is 2.02. The van der Waals surface area contributed by atoms with Gasteiger partial charge in [0.25, 0.3) is 0 Å². The first-order valence-electron chi connectivity index (χ1n) is 6.77. The van der Waals surface area contributed by atoms with Gasteiger partial charge in [-0.2, -0.15) is 0 Å². The maximum absolute atomic E-state index is 13.3. The highest BCUT2D eigenvalue weighted by Crippen LogP contribution is 2.34. The molecule has 19 heavy (non-hydrogen) atoms. The summed E-state index contributed by atoms with van der Waals surface area (Å²) < 4.78 is 19.2. The fraction of sp³-hybridized carbons (Fsp3) is 0.467. The fourth-order valence-corrected chi connectivity index (χ4v) is 2.69. The second kappa shape index (κ2) is 5.72. The number of benzene rings is 1. The van der Waals surface area contributed by atoms with Gasteiger partial charge in [0.2, 0.25) is 0 Å². The second-order valence-corrected chi connectivity index (χ2v) is 4.95. The molecule has 4 heteroatoms. The van der Waals surface area contributed by atoms with E-state index in [0.29, 0.717) is 11.5 Å². The average Bonchev–Trinajstić information content (AvgIpc) is 2.73. The van der Waals surface area contributed by atoms with Crippen LogP contribution >= 0.6 is 0 Å². The molecule has 0 bridgehead atoms. The summed E-state index contributed by atoms with van der Waals surface area (Å²) in [6, 6.07) is 4.56. The lowest BCUT2D eigenvalue weighted by Crippen LogP contribution is -2.33. The molecule has 1 aromatic heterocycles. The molecule has 0 aliphatic rings. The Morgan fingerprint density at radius 3 is 2.58 bits per heavy atom. The van der Waals surface area contributed by atoms with Crippen LogP contribution in [0.5, 0.6) is 0 Å². The minimum atomic E-state index is -0.247. The Morgan fingerprint density at radius 1 is 1.32 bits per heavy atom. The van der Waals surface area contributed by atoms with Crippen LogP contribution in [0.25, 0.3) is 11.0 Å². The first-order chi connectivity index (χ1) is 9.12. The lowest BCUT2D eigenvalue weighted by Gasteiger charge is -2.23. The van der Waals surface area contributed by atoms with Gasteiger partial charge in [0, 0.05) is 10.9 Å². The quantitative estimate of drug-likeness (QED) is 0.637. The third kappa shape index (κ3) is 2.51. The van der Waals surface area contributed by atoms with Gasteiger partial charge in [0.05, 0.1) is 6.04 Å². The first-order valence-corrected chi connectivity index (χ1v) is 6.77. The van der Waals surface area contributed by atoms with Gasteiger partial charge in [-0.1, -0.05) is 26.7 Å². The predicted molar refractivity (Wildman–Crippen MR) is 75.0 cm³/mol. The zero-order valence-corrected chi connectivity index (χ0v) is 11.7. The Balaban J connectivity index is 2.51. The van der Waals surface area contributed by atoms with E-state index in [9.17, 15) is 4.39 Å². The molecule has 0 radical (unpaired) electrons. The van der Waals surface area contributed by atoms with Gasteiger partial charge in [-0.15, -0.1) is 0 Å². The molecule has 2 rings (SSSR count). The molecule has 0 saturated carbocycles. The van der Waals surface area contributed by atoms with Crippen molar-refractivity contribution in [1.82, 2.24) is 5.43 Å². The van der Waals surface area contributed by atoms with Crippen LogP contribution in [0.3, 0.4) is 0 Å². The monoisotopic (exact) mass is 264 g/mol. The van der Waals surface area contributed by atoms with Crippen LogP contribution in [-0.2, 0) is 0 Å². The highest BCUT2D eigenvalue weighted by atomic mass is 19.1. The summed E-state index contributed by atoms with van der Waals surface area (Å²) in [5, 5.41) is 0.821. The summed E-state index contributed by atoms with van der Waals surface area (Å²) >= 11 is 0. The number of halogens is 1. The average molecular weight is 264 g/mol. The first kappa shape index (κ1) is 14.0. The summed E-state index contributed by atoms with van der Waals surface area (Å²) in [5.41, 5.74) is 4.52. The van der Waals surface area contributed by atoms with E-state index in [0.717, 1.165) is 29.6 Å². The number of hydrazine groups is 1. The highest BCUT2D eigenvalue weighted by Gasteiger charge is 2.25. The molecule has 1 unspecified atom stereocenters. The van der Waals surface area contributed by atoms with Gasteiger partial charge >= 0.3 is 0 Å². The largest absolute Gasteiger partial charge is 0.459 e. The van der Waals surface area contributed by atoms with Crippen LogP contribution < -0.4 is 11.3 Å². The normalized spacial score (nSPS) is 13.4. The van der Waals surface area contributed by atoms with E-state index in [-0.39, 0.29) is 11.9 Å². The van der Waals surface area contributed by atoms with E-state index in [2.05, 4.69) is 19.3 Å².